The largest absolute Gasteiger partial charge is 0.481 e. The van der Waals surface area contributed by atoms with Crippen molar-refractivity contribution in [1.82, 2.24) is 4.90 Å². The van der Waals surface area contributed by atoms with Crippen molar-refractivity contribution >= 4 is 11.9 Å². The summed E-state index contributed by atoms with van der Waals surface area (Å²) >= 11 is 0. The number of aliphatic carboxylic acids is 2. The van der Waals surface area contributed by atoms with Crippen molar-refractivity contribution in [2.75, 3.05) is 19.6 Å². The lowest BCUT2D eigenvalue weighted by molar-refractivity contribution is -0.156. The van der Waals surface area contributed by atoms with Crippen LogP contribution in [-0.4, -0.2) is 46.7 Å². The Morgan fingerprint density at radius 3 is 2.00 bits per heavy atom. The van der Waals surface area contributed by atoms with Crippen molar-refractivity contribution in [3.63, 3.8) is 0 Å². The predicted molar refractivity (Wildman–Crippen MR) is 97.1 cm³/mol. The first kappa shape index (κ1) is 22.4. The molecule has 0 fully saturated rings. The lowest BCUT2D eigenvalue weighted by atomic mass is 9.87. The Morgan fingerprint density at radius 1 is 1.04 bits per heavy atom. The van der Waals surface area contributed by atoms with Crippen LogP contribution < -0.4 is 0 Å². The fraction of sp³-hybridized carbons (Fsp3) is 0.684. The molecule has 5 heteroatoms. The number of carboxylic acid groups (broad SMARTS) is 2. The summed E-state index contributed by atoms with van der Waals surface area (Å²) in [7, 11) is 0. The van der Waals surface area contributed by atoms with Crippen LogP contribution in [0.25, 0.3) is 0 Å². The minimum atomic E-state index is -1.39. The van der Waals surface area contributed by atoms with E-state index < -0.39 is 23.8 Å². The Labute approximate surface area is 146 Å². The van der Waals surface area contributed by atoms with Gasteiger partial charge in [-0.15, -0.1) is 0 Å². The third-order valence-electron chi connectivity index (χ3n) is 4.22. The molecule has 0 radical (unpaired) electrons. The highest BCUT2D eigenvalue weighted by Gasteiger charge is 2.33. The van der Waals surface area contributed by atoms with Gasteiger partial charge in [-0.05, 0) is 59.7 Å². The Hall–Kier alpha value is -1.62. The quantitative estimate of drug-likeness (QED) is 0.417. The number of carboxylic acids is 2. The van der Waals surface area contributed by atoms with E-state index in [-0.39, 0.29) is 0 Å². The average Bonchev–Trinajstić information content (AvgIpc) is 2.46. The van der Waals surface area contributed by atoms with Gasteiger partial charge in [0.25, 0.3) is 0 Å². The summed E-state index contributed by atoms with van der Waals surface area (Å²) in [5.74, 6) is -4.41. The first-order valence-electron chi connectivity index (χ1n) is 8.71. The zero-order valence-electron chi connectivity index (χ0n) is 15.7. The molecular formula is C19H33NO4. The van der Waals surface area contributed by atoms with Gasteiger partial charge in [0, 0.05) is 5.92 Å². The maximum absolute atomic E-state index is 11.4. The third kappa shape index (κ3) is 8.87. The Balaban J connectivity index is 5.18. The van der Waals surface area contributed by atoms with Gasteiger partial charge in [-0.1, -0.05) is 37.1 Å². The molecule has 0 saturated carbocycles. The molecule has 0 rings (SSSR count). The standard InChI is InChI=1S/C19H33NO4/c1-6-20(7-2)12-11-16(17(18(21)22)19(23)24)13-15(5)10-8-9-14(3)4/h9,13,16-17H,6-8,10-12H2,1-5H3,(H,21,22)(H,23,24)/b15-13+. The molecule has 1 unspecified atom stereocenters. The van der Waals surface area contributed by atoms with Crippen LogP contribution in [-0.2, 0) is 9.59 Å². The topological polar surface area (TPSA) is 77.8 Å². The number of carbonyl (C=O) groups is 2. The van der Waals surface area contributed by atoms with Crippen molar-refractivity contribution < 1.29 is 19.8 Å². The SMILES string of the molecule is CCN(CC)CCC(/C=C(\C)CCC=C(C)C)C(C(=O)O)C(=O)O. The van der Waals surface area contributed by atoms with Gasteiger partial charge in [0.2, 0.25) is 0 Å². The maximum atomic E-state index is 11.4. The molecule has 2 N–H and O–H groups in total. The number of hydrogen-bond acceptors (Lipinski definition) is 3. The number of hydrogen-bond donors (Lipinski definition) is 2. The first-order chi connectivity index (χ1) is 11.2. The molecule has 0 heterocycles. The summed E-state index contributed by atoms with van der Waals surface area (Å²) in [5, 5.41) is 18.6. The summed E-state index contributed by atoms with van der Waals surface area (Å²) in [4.78, 5) is 25.0. The second kappa shape index (κ2) is 11.8. The van der Waals surface area contributed by atoms with Crippen molar-refractivity contribution in [2.24, 2.45) is 11.8 Å². The molecule has 1 atom stereocenters. The third-order valence-corrected chi connectivity index (χ3v) is 4.22. The van der Waals surface area contributed by atoms with Gasteiger partial charge in [-0.25, -0.2) is 0 Å². The molecular weight excluding hydrogens is 306 g/mol. The molecule has 0 aliphatic heterocycles. The average molecular weight is 339 g/mol. The Kier molecular flexibility index (Phi) is 11.0. The van der Waals surface area contributed by atoms with E-state index in [9.17, 15) is 19.8 Å². The normalized spacial score (nSPS) is 13.2. The van der Waals surface area contributed by atoms with Crippen LogP contribution >= 0.6 is 0 Å². The van der Waals surface area contributed by atoms with Crippen LogP contribution in [0.3, 0.4) is 0 Å². The van der Waals surface area contributed by atoms with Crippen molar-refractivity contribution in [3.05, 3.63) is 23.3 Å². The lowest BCUT2D eigenvalue weighted by Gasteiger charge is -2.23. The molecule has 5 nitrogen and oxygen atoms in total. The van der Waals surface area contributed by atoms with E-state index in [0.717, 1.165) is 31.5 Å². The van der Waals surface area contributed by atoms with E-state index in [1.807, 2.05) is 40.7 Å². The molecule has 0 spiro atoms. The Morgan fingerprint density at radius 2 is 1.58 bits per heavy atom. The van der Waals surface area contributed by atoms with Crippen LogP contribution in [0, 0.1) is 11.8 Å². The van der Waals surface area contributed by atoms with E-state index in [4.69, 9.17) is 0 Å². The van der Waals surface area contributed by atoms with Crippen LogP contribution in [0.2, 0.25) is 0 Å². The maximum Gasteiger partial charge on any atom is 0.318 e. The summed E-state index contributed by atoms with van der Waals surface area (Å²) in [6, 6.07) is 0. The number of rotatable bonds is 12. The van der Waals surface area contributed by atoms with Crippen molar-refractivity contribution in [2.45, 2.75) is 53.9 Å². The van der Waals surface area contributed by atoms with Gasteiger partial charge in [0.15, 0.2) is 5.92 Å². The molecule has 0 saturated heterocycles. The number of allylic oxidation sites excluding steroid dienone is 4. The molecule has 0 aromatic heterocycles. The highest BCUT2D eigenvalue weighted by Crippen LogP contribution is 2.23. The minimum Gasteiger partial charge on any atom is -0.481 e. The molecule has 0 bridgehead atoms. The van der Waals surface area contributed by atoms with Gasteiger partial charge in [0.05, 0.1) is 0 Å². The highest BCUT2D eigenvalue weighted by atomic mass is 16.4. The van der Waals surface area contributed by atoms with E-state index >= 15 is 0 Å². The van der Waals surface area contributed by atoms with Crippen LogP contribution in [0.15, 0.2) is 23.3 Å². The molecule has 0 amide bonds. The zero-order valence-corrected chi connectivity index (χ0v) is 15.7. The van der Waals surface area contributed by atoms with Gasteiger partial charge in [-0.3, -0.25) is 9.59 Å². The molecule has 138 valence electrons. The monoisotopic (exact) mass is 339 g/mol. The molecule has 0 aromatic carbocycles. The predicted octanol–water partition coefficient (Wildman–Crippen LogP) is 3.81. The fourth-order valence-corrected chi connectivity index (χ4v) is 2.73. The van der Waals surface area contributed by atoms with Gasteiger partial charge < -0.3 is 15.1 Å². The highest BCUT2D eigenvalue weighted by molar-refractivity contribution is 5.93. The molecule has 0 aliphatic carbocycles. The molecule has 0 aromatic rings. The molecule has 24 heavy (non-hydrogen) atoms. The Bertz CT molecular complexity index is 446. The van der Waals surface area contributed by atoms with E-state index in [1.165, 1.54) is 5.57 Å². The summed E-state index contributed by atoms with van der Waals surface area (Å²) in [5.41, 5.74) is 2.29. The van der Waals surface area contributed by atoms with Crippen LogP contribution in [0.5, 0.6) is 0 Å². The second-order valence-corrected chi connectivity index (χ2v) is 6.47. The van der Waals surface area contributed by atoms with Crippen LogP contribution in [0.1, 0.15) is 53.9 Å². The van der Waals surface area contributed by atoms with E-state index in [1.54, 1.807) is 0 Å². The van der Waals surface area contributed by atoms with Gasteiger partial charge in [0.1, 0.15) is 0 Å². The zero-order chi connectivity index (χ0) is 18.7. The van der Waals surface area contributed by atoms with E-state index in [0.29, 0.717) is 13.0 Å². The smallest absolute Gasteiger partial charge is 0.318 e. The van der Waals surface area contributed by atoms with Crippen molar-refractivity contribution in [1.29, 1.82) is 0 Å². The second-order valence-electron chi connectivity index (χ2n) is 6.47. The minimum absolute atomic E-state index is 0.493. The summed E-state index contributed by atoms with van der Waals surface area (Å²) < 4.78 is 0. The first-order valence-corrected chi connectivity index (χ1v) is 8.71. The lowest BCUT2D eigenvalue weighted by Crippen LogP contribution is -2.33. The van der Waals surface area contributed by atoms with Crippen LogP contribution in [0.4, 0.5) is 0 Å². The van der Waals surface area contributed by atoms with Gasteiger partial charge >= 0.3 is 11.9 Å². The van der Waals surface area contributed by atoms with E-state index in [2.05, 4.69) is 11.0 Å². The van der Waals surface area contributed by atoms with Crippen molar-refractivity contribution in [3.8, 4) is 0 Å². The number of nitrogens with zero attached hydrogens (tertiary/aromatic N) is 1. The fourth-order valence-electron chi connectivity index (χ4n) is 2.73. The summed E-state index contributed by atoms with van der Waals surface area (Å²) in [6.07, 6.45) is 6.23. The molecule has 0 aliphatic rings. The summed E-state index contributed by atoms with van der Waals surface area (Å²) in [6.45, 7) is 12.6. The van der Waals surface area contributed by atoms with Gasteiger partial charge in [-0.2, -0.15) is 0 Å².